The average molecular weight is 386 g/mol. The minimum absolute atomic E-state index is 0.250. The topological polar surface area (TPSA) is 93.8 Å². The lowest BCUT2D eigenvalue weighted by Crippen LogP contribution is -2.28. The van der Waals surface area contributed by atoms with E-state index in [2.05, 4.69) is 11.0 Å². The van der Waals surface area contributed by atoms with Gasteiger partial charge in [-0.05, 0) is 74.4 Å². The molecule has 0 saturated carbocycles. The number of hydrogen-bond acceptors (Lipinski definition) is 4. The van der Waals surface area contributed by atoms with Gasteiger partial charge in [0.2, 0.25) is 0 Å². The summed E-state index contributed by atoms with van der Waals surface area (Å²) >= 11 is 0. The maximum absolute atomic E-state index is 13.4. The SMILES string of the molecule is CN(C)CCC[C@@]1(c2ccc(F)cc2)OCc2cc(C#N)ccc21.O=C(O)O. The smallest absolute Gasteiger partial charge is 0.450 e. The largest absolute Gasteiger partial charge is 0.503 e. The third-order valence-electron chi connectivity index (χ3n) is 4.59. The fourth-order valence-electron chi connectivity index (χ4n) is 3.41. The highest BCUT2D eigenvalue weighted by molar-refractivity contribution is 5.53. The predicted octanol–water partition coefficient (Wildman–Crippen LogP) is 4.04. The third kappa shape index (κ3) is 5.06. The summed E-state index contributed by atoms with van der Waals surface area (Å²) in [6.45, 7) is 1.43. The summed E-state index contributed by atoms with van der Waals surface area (Å²) in [7, 11) is 4.10. The number of benzene rings is 2. The van der Waals surface area contributed by atoms with E-state index in [0.717, 1.165) is 36.1 Å². The summed E-state index contributed by atoms with van der Waals surface area (Å²) in [4.78, 5) is 10.7. The summed E-state index contributed by atoms with van der Waals surface area (Å²) in [6, 6.07) is 14.5. The Balaban J connectivity index is 0.000000640. The highest BCUT2D eigenvalue weighted by Gasteiger charge is 2.41. The van der Waals surface area contributed by atoms with E-state index in [4.69, 9.17) is 25.0 Å². The van der Waals surface area contributed by atoms with E-state index in [1.54, 1.807) is 12.1 Å². The number of ether oxygens (including phenoxy) is 1. The first kappa shape index (κ1) is 21.4. The van der Waals surface area contributed by atoms with Gasteiger partial charge in [0.25, 0.3) is 0 Å². The summed E-state index contributed by atoms with van der Waals surface area (Å²) in [5.74, 6) is -0.250. The van der Waals surface area contributed by atoms with Crippen LogP contribution in [0.2, 0.25) is 0 Å². The second-order valence-electron chi connectivity index (χ2n) is 6.80. The van der Waals surface area contributed by atoms with Gasteiger partial charge in [0.15, 0.2) is 0 Å². The molecule has 2 aromatic rings. The van der Waals surface area contributed by atoms with Crippen LogP contribution in [0.25, 0.3) is 0 Å². The number of carboxylic acid groups (broad SMARTS) is 2. The maximum atomic E-state index is 13.4. The van der Waals surface area contributed by atoms with Crippen LogP contribution in [0.3, 0.4) is 0 Å². The molecule has 0 aliphatic carbocycles. The molecule has 1 aliphatic rings. The molecule has 148 valence electrons. The Kier molecular flexibility index (Phi) is 7.10. The van der Waals surface area contributed by atoms with Crippen molar-refractivity contribution in [2.24, 2.45) is 0 Å². The van der Waals surface area contributed by atoms with Crippen LogP contribution < -0.4 is 0 Å². The number of rotatable bonds is 5. The monoisotopic (exact) mass is 386 g/mol. The molecule has 0 saturated heterocycles. The summed E-state index contributed by atoms with van der Waals surface area (Å²) in [6.07, 6.45) is -0.0560. The number of carbonyl (C=O) groups is 1. The lowest BCUT2D eigenvalue weighted by atomic mass is 9.81. The molecule has 0 spiro atoms. The molecule has 7 heteroatoms. The molecular formula is C21H23FN2O4. The molecule has 0 amide bonds. The average Bonchev–Trinajstić information content (AvgIpc) is 3.00. The molecule has 1 atom stereocenters. The quantitative estimate of drug-likeness (QED) is 0.806. The van der Waals surface area contributed by atoms with E-state index in [1.165, 1.54) is 12.1 Å². The first-order valence-corrected chi connectivity index (χ1v) is 8.78. The Labute approximate surface area is 163 Å². The van der Waals surface area contributed by atoms with Crippen molar-refractivity contribution in [3.63, 3.8) is 0 Å². The molecule has 1 heterocycles. The number of nitrogens with zero attached hydrogens (tertiary/aromatic N) is 2. The second kappa shape index (κ2) is 9.31. The van der Waals surface area contributed by atoms with Crippen LogP contribution in [-0.4, -0.2) is 41.9 Å². The molecule has 28 heavy (non-hydrogen) atoms. The van der Waals surface area contributed by atoms with E-state index >= 15 is 0 Å². The van der Waals surface area contributed by atoms with Gasteiger partial charge in [0.1, 0.15) is 11.4 Å². The molecule has 2 N–H and O–H groups in total. The van der Waals surface area contributed by atoms with E-state index in [1.807, 2.05) is 32.3 Å². The van der Waals surface area contributed by atoms with Crippen LogP contribution in [0.1, 0.15) is 35.1 Å². The molecule has 3 rings (SSSR count). The van der Waals surface area contributed by atoms with Gasteiger partial charge in [0.05, 0.1) is 18.2 Å². The fraction of sp³-hybridized carbons (Fsp3) is 0.333. The van der Waals surface area contributed by atoms with Crippen molar-refractivity contribution >= 4 is 6.16 Å². The van der Waals surface area contributed by atoms with Crippen molar-refractivity contribution in [2.45, 2.75) is 25.0 Å². The molecule has 0 aromatic heterocycles. The summed E-state index contributed by atoms with van der Waals surface area (Å²) < 4.78 is 19.6. The van der Waals surface area contributed by atoms with Gasteiger partial charge >= 0.3 is 6.16 Å². The van der Waals surface area contributed by atoms with Crippen LogP contribution >= 0.6 is 0 Å². The highest BCUT2D eigenvalue weighted by Crippen LogP contribution is 2.45. The van der Waals surface area contributed by atoms with Crippen LogP contribution in [0.4, 0.5) is 9.18 Å². The summed E-state index contributed by atoms with van der Waals surface area (Å²) in [5, 5.41) is 23.1. The minimum atomic E-state index is -1.83. The maximum Gasteiger partial charge on any atom is 0.503 e. The zero-order valence-corrected chi connectivity index (χ0v) is 15.9. The van der Waals surface area contributed by atoms with Gasteiger partial charge in [-0.15, -0.1) is 0 Å². The van der Waals surface area contributed by atoms with Crippen molar-refractivity contribution in [3.05, 3.63) is 70.5 Å². The van der Waals surface area contributed by atoms with Crippen LogP contribution in [0, 0.1) is 17.1 Å². The van der Waals surface area contributed by atoms with Crippen molar-refractivity contribution in [3.8, 4) is 6.07 Å². The molecule has 0 bridgehead atoms. The van der Waals surface area contributed by atoms with Gasteiger partial charge < -0.3 is 19.8 Å². The minimum Gasteiger partial charge on any atom is -0.450 e. The third-order valence-corrected chi connectivity index (χ3v) is 4.59. The fourth-order valence-corrected chi connectivity index (χ4v) is 3.41. The van der Waals surface area contributed by atoms with Crippen LogP contribution in [0.5, 0.6) is 0 Å². The van der Waals surface area contributed by atoms with Gasteiger partial charge in [-0.3, -0.25) is 0 Å². The van der Waals surface area contributed by atoms with Gasteiger partial charge in [-0.2, -0.15) is 5.26 Å². The number of halogens is 1. The van der Waals surface area contributed by atoms with Crippen molar-refractivity contribution in [2.75, 3.05) is 20.6 Å². The lowest BCUT2D eigenvalue weighted by molar-refractivity contribution is -0.0140. The van der Waals surface area contributed by atoms with E-state index < -0.39 is 11.8 Å². The lowest BCUT2D eigenvalue weighted by Gasteiger charge is -2.31. The first-order valence-electron chi connectivity index (χ1n) is 8.78. The molecule has 1 aliphatic heterocycles. The highest BCUT2D eigenvalue weighted by atomic mass is 19.1. The van der Waals surface area contributed by atoms with Crippen molar-refractivity contribution in [1.29, 1.82) is 5.26 Å². The van der Waals surface area contributed by atoms with E-state index in [-0.39, 0.29) is 5.82 Å². The predicted molar refractivity (Wildman–Crippen MR) is 102 cm³/mol. The zero-order valence-electron chi connectivity index (χ0n) is 15.9. The number of fused-ring (bicyclic) bond motifs is 1. The van der Waals surface area contributed by atoms with Crippen LogP contribution in [0.15, 0.2) is 42.5 Å². The van der Waals surface area contributed by atoms with Crippen molar-refractivity contribution < 1.29 is 24.1 Å². The second-order valence-corrected chi connectivity index (χ2v) is 6.80. The Hall–Kier alpha value is -2.95. The Bertz CT molecular complexity index is 858. The Morgan fingerprint density at radius 1 is 1.25 bits per heavy atom. The molecule has 0 unspecified atom stereocenters. The molecular weight excluding hydrogens is 363 g/mol. The number of nitriles is 1. The Morgan fingerprint density at radius 3 is 2.46 bits per heavy atom. The van der Waals surface area contributed by atoms with Gasteiger partial charge in [0, 0.05) is 0 Å². The normalized spacial score (nSPS) is 17.4. The number of hydrogen-bond donors (Lipinski definition) is 2. The van der Waals surface area contributed by atoms with Crippen LogP contribution in [-0.2, 0) is 16.9 Å². The van der Waals surface area contributed by atoms with E-state index in [9.17, 15) is 4.39 Å². The molecule has 6 nitrogen and oxygen atoms in total. The Morgan fingerprint density at radius 2 is 1.89 bits per heavy atom. The standard InChI is InChI=1S/C20H21FN2O.CH2O3/c1-23(2)11-3-10-20(17-5-7-18(21)8-6-17)19-9-4-15(13-22)12-16(19)14-24-20;2-1(3)4/h4-9,12H,3,10-11,14H2,1-2H3;(H2,2,3,4)/t20-;/m0./s1. The molecule has 0 radical (unpaired) electrons. The van der Waals surface area contributed by atoms with E-state index in [0.29, 0.717) is 12.2 Å². The first-order chi connectivity index (χ1) is 13.3. The van der Waals surface area contributed by atoms with Gasteiger partial charge in [-0.25, -0.2) is 9.18 Å². The molecule has 2 aromatic carbocycles. The zero-order chi connectivity index (χ0) is 20.7. The molecule has 0 fully saturated rings. The summed E-state index contributed by atoms with van der Waals surface area (Å²) in [5.41, 5.74) is 3.18. The van der Waals surface area contributed by atoms with Crippen molar-refractivity contribution in [1.82, 2.24) is 4.90 Å². The van der Waals surface area contributed by atoms with Gasteiger partial charge in [-0.1, -0.05) is 18.2 Å².